The normalized spacial score (nSPS) is 12.6. The first-order valence-electron chi connectivity index (χ1n) is 15.2. The molecule has 0 fully saturated rings. The molecule has 0 bridgehead atoms. The highest BCUT2D eigenvalue weighted by Gasteiger charge is 2.30. The molecular formula is C36H32F3N5O4. The number of fused-ring (bicyclic) bond motifs is 1. The number of amides is 3. The predicted octanol–water partition coefficient (Wildman–Crippen LogP) is 6.32. The standard InChI is InChI=1S/C36H32F3N5O4/c1-22(45)7-5-20-41-35(48)32(23-8-3-2-4-9-23)44-33(46)26-13-17-29-25(21-26)14-18-30(42-29)43-34(47)28-10-6-19-40-31(28)24-11-15-27(16-12-24)36(37,38)39/h2-4,6,8-19,21-22,32,45H,5,7,20H2,1H3,(H,41,48)(H,44,46)(H,42,43,47)/t22-,32?/m0/s1. The van der Waals surface area contributed by atoms with Crippen LogP contribution in [0.25, 0.3) is 22.2 Å². The Balaban J connectivity index is 1.30. The summed E-state index contributed by atoms with van der Waals surface area (Å²) in [6, 6.07) is 23.4. The molecule has 48 heavy (non-hydrogen) atoms. The second kappa shape index (κ2) is 14.9. The number of carbonyl (C=O) groups is 3. The van der Waals surface area contributed by atoms with Crippen molar-refractivity contribution >= 4 is 34.4 Å². The number of halogens is 3. The van der Waals surface area contributed by atoms with E-state index >= 15 is 0 Å². The third kappa shape index (κ3) is 8.39. The molecule has 2 heterocycles. The molecule has 0 radical (unpaired) electrons. The zero-order valence-corrected chi connectivity index (χ0v) is 25.8. The van der Waals surface area contributed by atoms with Crippen molar-refractivity contribution < 1.29 is 32.7 Å². The van der Waals surface area contributed by atoms with Crippen molar-refractivity contribution in [3.8, 4) is 11.3 Å². The summed E-state index contributed by atoms with van der Waals surface area (Å²) in [4.78, 5) is 48.3. The maximum atomic E-state index is 13.3. The molecule has 2 atom stereocenters. The minimum absolute atomic E-state index is 0.145. The van der Waals surface area contributed by atoms with Crippen molar-refractivity contribution in [1.29, 1.82) is 0 Å². The minimum Gasteiger partial charge on any atom is -0.393 e. The number of nitrogens with zero attached hydrogens (tertiary/aromatic N) is 2. The summed E-state index contributed by atoms with van der Waals surface area (Å²) in [5.41, 5.74) is 1.27. The highest BCUT2D eigenvalue weighted by atomic mass is 19.4. The van der Waals surface area contributed by atoms with Crippen molar-refractivity contribution in [1.82, 2.24) is 20.6 Å². The van der Waals surface area contributed by atoms with Gasteiger partial charge in [0.1, 0.15) is 11.9 Å². The highest BCUT2D eigenvalue weighted by molar-refractivity contribution is 6.08. The van der Waals surface area contributed by atoms with Crippen LogP contribution in [0, 0.1) is 0 Å². The van der Waals surface area contributed by atoms with Gasteiger partial charge in [-0.25, -0.2) is 4.98 Å². The average molecular weight is 656 g/mol. The lowest BCUT2D eigenvalue weighted by molar-refractivity contribution is -0.137. The lowest BCUT2D eigenvalue weighted by Crippen LogP contribution is -2.40. The van der Waals surface area contributed by atoms with Crippen LogP contribution in [-0.2, 0) is 11.0 Å². The van der Waals surface area contributed by atoms with Crippen LogP contribution >= 0.6 is 0 Å². The van der Waals surface area contributed by atoms with Gasteiger partial charge in [0.15, 0.2) is 0 Å². The Morgan fingerprint density at radius 3 is 2.33 bits per heavy atom. The number of pyridine rings is 2. The van der Waals surface area contributed by atoms with E-state index in [-0.39, 0.29) is 23.0 Å². The summed E-state index contributed by atoms with van der Waals surface area (Å²) in [5.74, 6) is -1.20. The molecule has 1 unspecified atom stereocenters. The second-order valence-corrected chi connectivity index (χ2v) is 11.1. The summed E-state index contributed by atoms with van der Waals surface area (Å²) in [7, 11) is 0. The molecule has 0 aliphatic heterocycles. The van der Waals surface area contributed by atoms with Gasteiger partial charge in [0.2, 0.25) is 5.91 Å². The van der Waals surface area contributed by atoms with Gasteiger partial charge in [-0.2, -0.15) is 13.2 Å². The van der Waals surface area contributed by atoms with Gasteiger partial charge in [-0.3, -0.25) is 19.4 Å². The van der Waals surface area contributed by atoms with Crippen LogP contribution in [-0.4, -0.2) is 45.4 Å². The number of rotatable bonds is 11. The molecule has 4 N–H and O–H groups in total. The van der Waals surface area contributed by atoms with E-state index in [2.05, 4.69) is 25.9 Å². The number of hydrogen-bond acceptors (Lipinski definition) is 6. The molecular weight excluding hydrogens is 623 g/mol. The molecule has 0 saturated heterocycles. The molecule has 0 spiro atoms. The first kappa shape index (κ1) is 33.7. The van der Waals surface area contributed by atoms with Gasteiger partial charge in [0, 0.05) is 29.3 Å². The number of benzene rings is 3. The number of hydrogen-bond donors (Lipinski definition) is 4. The SMILES string of the molecule is C[C@H](O)CCCNC(=O)C(NC(=O)c1ccc2nc(NC(=O)c3cccnc3-c3ccc(C(F)(F)F)cc3)ccc2c1)c1ccccc1. The number of aromatic nitrogens is 2. The number of aliphatic hydroxyl groups is 1. The second-order valence-electron chi connectivity index (χ2n) is 11.1. The summed E-state index contributed by atoms with van der Waals surface area (Å²) in [6.45, 7) is 2.03. The van der Waals surface area contributed by atoms with Gasteiger partial charge in [-0.1, -0.05) is 42.5 Å². The van der Waals surface area contributed by atoms with Gasteiger partial charge in [-0.05, 0) is 79.9 Å². The molecule has 5 aromatic rings. The Morgan fingerprint density at radius 2 is 1.62 bits per heavy atom. The molecule has 9 nitrogen and oxygen atoms in total. The van der Waals surface area contributed by atoms with Crippen molar-refractivity contribution in [2.24, 2.45) is 0 Å². The molecule has 0 aliphatic rings. The predicted molar refractivity (Wildman–Crippen MR) is 175 cm³/mol. The topological polar surface area (TPSA) is 133 Å². The Kier molecular flexibility index (Phi) is 10.4. The average Bonchev–Trinajstić information content (AvgIpc) is 3.08. The van der Waals surface area contributed by atoms with Crippen molar-refractivity contribution in [3.05, 3.63) is 126 Å². The molecule has 5 rings (SSSR count). The fourth-order valence-corrected chi connectivity index (χ4v) is 5.03. The molecule has 2 aromatic heterocycles. The third-order valence-corrected chi connectivity index (χ3v) is 7.50. The lowest BCUT2D eigenvalue weighted by atomic mass is 10.0. The maximum Gasteiger partial charge on any atom is 0.416 e. The maximum absolute atomic E-state index is 13.3. The van der Waals surface area contributed by atoms with E-state index in [1.54, 1.807) is 67.6 Å². The van der Waals surface area contributed by atoms with Crippen LogP contribution in [0.2, 0.25) is 0 Å². The number of nitrogens with one attached hydrogen (secondary N) is 3. The van der Waals surface area contributed by atoms with E-state index in [9.17, 15) is 32.7 Å². The van der Waals surface area contributed by atoms with Crippen LogP contribution in [0.4, 0.5) is 19.0 Å². The van der Waals surface area contributed by atoms with E-state index in [4.69, 9.17) is 0 Å². The molecule has 0 aliphatic carbocycles. The van der Waals surface area contributed by atoms with Crippen molar-refractivity contribution in [2.75, 3.05) is 11.9 Å². The number of alkyl halides is 3. The van der Waals surface area contributed by atoms with Crippen LogP contribution in [0.3, 0.4) is 0 Å². The summed E-state index contributed by atoms with van der Waals surface area (Å²) < 4.78 is 39.1. The van der Waals surface area contributed by atoms with Gasteiger partial charge in [0.05, 0.1) is 28.4 Å². The Labute approximate surface area is 274 Å². The molecule has 3 amide bonds. The Bertz CT molecular complexity index is 1920. The first-order chi connectivity index (χ1) is 23.0. The zero-order valence-electron chi connectivity index (χ0n) is 25.8. The summed E-state index contributed by atoms with van der Waals surface area (Å²) in [6.07, 6.45) is -2.40. The quantitative estimate of drug-likeness (QED) is 0.123. The van der Waals surface area contributed by atoms with E-state index in [0.717, 1.165) is 12.1 Å². The first-order valence-corrected chi connectivity index (χ1v) is 15.2. The Morgan fingerprint density at radius 1 is 0.875 bits per heavy atom. The number of anilines is 1. The largest absolute Gasteiger partial charge is 0.416 e. The Hall–Kier alpha value is -5.62. The monoisotopic (exact) mass is 655 g/mol. The van der Waals surface area contributed by atoms with E-state index < -0.39 is 35.7 Å². The third-order valence-electron chi connectivity index (χ3n) is 7.50. The van der Waals surface area contributed by atoms with Crippen molar-refractivity contribution in [2.45, 2.75) is 38.1 Å². The molecule has 3 aromatic carbocycles. The zero-order chi connectivity index (χ0) is 34.3. The van der Waals surface area contributed by atoms with E-state index in [1.165, 1.54) is 24.4 Å². The fourth-order valence-electron chi connectivity index (χ4n) is 5.03. The van der Waals surface area contributed by atoms with Crippen LogP contribution < -0.4 is 16.0 Å². The van der Waals surface area contributed by atoms with Gasteiger partial charge in [0.25, 0.3) is 11.8 Å². The number of aliphatic hydroxyl groups excluding tert-OH is 1. The highest BCUT2D eigenvalue weighted by Crippen LogP contribution is 2.31. The van der Waals surface area contributed by atoms with E-state index in [0.29, 0.717) is 47.0 Å². The molecule has 0 saturated carbocycles. The smallest absolute Gasteiger partial charge is 0.393 e. The van der Waals surface area contributed by atoms with Crippen molar-refractivity contribution in [3.63, 3.8) is 0 Å². The fraction of sp³-hybridized carbons (Fsp3) is 0.194. The summed E-state index contributed by atoms with van der Waals surface area (Å²) >= 11 is 0. The van der Waals surface area contributed by atoms with Crippen LogP contribution in [0.5, 0.6) is 0 Å². The summed E-state index contributed by atoms with van der Waals surface area (Å²) in [5, 5.41) is 18.4. The van der Waals surface area contributed by atoms with E-state index in [1.807, 2.05) is 6.07 Å². The molecule has 246 valence electrons. The lowest BCUT2D eigenvalue weighted by Gasteiger charge is -2.19. The van der Waals surface area contributed by atoms with Crippen LogP contribution in [0.15, 0.2) is 103 Å². The van der Waals surface area contributed by atoms with Gasteiger partial charge < -0.3 is 21.1 Å². The van der Waals surface area contributed by atoms with Gasteiger partial charge >= 0.3 is 6.18 Å². The number of carbonyl (C=O) groups excluding carboxylic acids is 3. The molecule has 12 heteroatoms. The minimum atomic E-state index is -4.49. The van der Waals surface area contributed by atoms with Gasteiger partial charge in [-0.15, -0.1) is 0 Å². The van der Waals surface area contributed by atoms with Crippen LogP contribution in [0.1, 0.15) is 57.7 Å².